The monoisotopic (exact) mass is 426 g/mol. The van der Waals surface area contributed by atoms with E-state index in [0.29, 0.717) is 34.0 Å². The Morgan fingerprint density at radius 3 is 1.72 bits per heavy atom. The van der Waals surface area contributed by atoms with E-state index in [1.54, 1.807) is 62.8 Å². The van der Waals surface area contributed by atoms with Gasteiger partial charge in [-0.15, -0.1) is 0 Å². The van der Waals surface area contributed by atoms with Gasteiger partial charge in [0.1, 0.15) is 11.5 Å². The molecular weight excluding hydrogens is 404 g/mol. The first kappa shape index (κ1) is 20.9. The Morgan fingerprint density at radius 2 is 1.19 bits per heavy atom. The Labute approximate surface area is 186 Å². The summed E-state index contributed by atoms with van der Waals surface area (Å²) < 4.78 is 10.4. The lowest BCUT2D eigenvalue weighted by molar-refractivity contribution is -0.114. The molecule has 6 nitrogen and oxygen atoms in total. The molecule has 0 spiro atoms. The largest absolute Gasteiger partial charge is 0.497 e. The molecule has 0 saturated heterocycles. The molecule has 1 aliphatic rings. The van der Waals surface area contributed by atoms with Crippen LogP contribution in [0, 0.1) is 0 Å². The maximum absolute atomic E-state index is 13.5. The van der Waals surface area contributed by atoms with E-state index in [-0.39, 0.29) is 23.0 Å². The van der Waals surface area contributed by atoms with Crippen LogP contribution in [0.4, 0.5) is 11.4 Å². The van der Waals surface area contributed by atoms with Crippen LogP contribution in [-0.4, -0.2) is 25.8 Å². The van der Waals surface area contributed by atoms with Crippen LogP contribution < -0.4 is 20.1 Å². The standard InChI is InChI=1S/C26H22N2O4/c1-31-20-12-8-18(9-13-20)27-22-16-23(29)25(28-19-10-14-21(32-2)15-11-19)24(26(22)30)17-6-4-3-5-7-17/h3-16,27-28H,1-2H3. The van der Waals surface area contributed by atoms with Crippen LogP contribution >= 0.6 is 0 Å². The fraction of sp³-hybridized carbons (Fsp3) is 0.0769. The number of benzene rings is 3. The maximum atomic E-state index is 13.5. The Balaban J connectivity index is 1.69. The molecule has 0 atom stereocenters. The Bertz CT molecular complexity index is 1190. The number of anilines is 2. The summed E-state index contributed by atoms with van der Waals surface area (Å²) in [5, 5.41) is 6.19. The summed E-state index contributed by atoms with van der Waals surface area (Å²) in [6.07, 6.45) is 1.32. The van der Waals surface area contributed by atoms with Crippen molar-refractivity contribution in [3.05, 3.63) is 102 Å². The van der Waals surface area contributed by atoms with Gasteiger partial charge in [0.2, 0.25) is 11.6 Å². The zero-order valence-electron chi connectivity index (χ0n) is 17.7. The molecule has 2 N–H and O–H groups in total. The fourth-order valence-electron chi connectivity index (χ4n) is 3.39. The zero-order chi connectivity index (χ0) is 22.5. The summed E-state index contributed by atoms with van der Waals surface area (Å²) in [7, 11) is 3.17. The molecule has 0 radical (unpaired) electrons. The molecule has 0 saturated carbocycles. The maximum Gasteiger partial charge on any atom is 0.212 e. The van der Waals surface area contributed by atoms with Crippen molar-refractivity contribution in [1.29, 1.82) is 0 Å². The minimum atomic E-state index is -0.296. The van der Waals surface area contributed by atoms with Crippen LogP contribution in [0.1, 0.15) is 5.56 Å². The number of methoxy groups -OCH3 is 2. The summed E-state index contributed by atoms with van der Waals surface area (Å²) in [4.78, 5) is 26.6. The number of hydrogen-bond donors (Lipinski definition) is 2. The Kier molecular flexibility index (Phi) is 6.03. The van der Waals surface area contributed by atoms with Gasteiger partial charge in [-0.1, -0.05) is 30.3 Å². The van der Waals surface area contributed by atoms with Gasteiger partial charge >= 0.3 is 0 Å². The number of carbonyl (C=O) groups is 2. The van der Waals surface area contributed by atoms with Crippen molar-refractivity contribution < 1.29 is 19.1 Å². The summed E-state index contributed by atoms with van der Waals surface area (Å²) in [5.41, 5.74) is 2.76. The third-order valence-electron chi connectivity index (χ3n) is 5.03. The number of ketones is 2. The number of carbonyl (C=O) groups excluding carboxylic acids is 2. The predicted molar refractivity (Wildman–Crippen MR) is 125 cm³/mol. The van der Waals surface area contributed by atoms with Crippen LogP contribution in [0.5, 0.6) is 11.5 Å². The van der Waals surface area contributed by atoms with Crippen molar-refractivity contribution in [2.24, 2.45) is 0 Å². The molecule has 4 rings (SSSR count). The topological polar surface area (TPSA) is 76.7 Å². The molecule has 3 aromatic carbocycles. The number of ether oxygens (including phenoxy) is 2. The van der Waals surface area contributed by atoms with E-state index in [9.17, 15) is 9.59 Å². The van der Waals surface area contributed by atoms with Crippen molar-refractivity contribution >= 4 is 28.5 Å². The van der Waals surface area contributed by atoms with Gasteiger partial charge in [0.25, 0.3) is 0 Å². The lowest BCUT2D eigenvalue weighted by Gasteiger charge is -2.21. The minimum Gasteiger partial charge on any atom is -0.497 e. The number of Topliss-reactive ketones (excluding diaryl/α,β-unsaturated/α-hetero) is 1. The molecule has 0 unspecified atom stereocenters. The van der Waals surface area contributed by atoms with Gasteiger partial charge in [-0.05, 0) is 54.1 Å². The van der Waals surface area contributed by atoms with E-state index in [1.807, 2.05) is 30.3 Å². The third-order valence-corrected chi connectivity index (χ3v) is 5.03. The van der Waals surface area contributed by atoms with Crippen molar-refractivity contribution in [1.82, 2.24) is 0 Å². The minimum absolute atomic E-state index is 0.208. The van der Waals surface area contributed by atoms with Crippen LogP contribution in [0.15, 0.2) is 96.3 Å². The van der Waals surface area contributed by atoms with Crippen molar-refractivity contribution in [2.75, 3.05) is 24.9 Å². The molecule has 1 aliphatic carbocycles. The van der Waals surface area contributed by atoms with Crippen LogP contribution in [-0.2, 0) is 9.59 Å². The number of allylic oxidation sites excluding steroid dienone is 2. The predicted octanol–water partition coefficient (Wildman–Crippen LogP) is 4.67. The third kappa shape index (κ3) is 4.39. The van der Waals surface area contributed by atoms with E-state index in [1.165, 1.54) is 6.08 Å². The normalized spacial score (nSPS) is 13.5. The van der Waals surface area contributed by atoms with E-state index in [2.05, 4.69) is 10.6 Å². The van der Waals surface area contributed by atoms with Crippen LogP contribution in [0.2, 0.25) is 0 Å². The molecule has 6 heteroatoms. The van der Waals surface area contributed by atoms with E-state index < -0.39 is 0 Å². The average Bonchev–Trinajstić information content (AvgIpc) is 2.84. The van der Waals surface area contributed by atoms with Crippen molar-refractivity contribution in [3.63, 3.8) is 0 Å². The average molecular weight is 426 g/mol. The van der Waals surface area contributed by atoms with E-state index in [4.69, 9.17) is 9.47 Å². The molecule has 32 heavy (non-hydrogen) atoms. The highest BCUT2D eigenvalue weighted by atomic mass is 16.5. The number of rotatable bonds is 7. The van der Waals surface area contributed by atoms with Gasteiger partial charge in [-0.3, -0.25) is 9.59 Å². The second-order valence-electron chi connectivity index (χ2n) is 7.07. The highest BCUT2D eigenvalue weighted by molar-refractivity contribution is 6.39. The lowest BCUT2D eigenvalue weighted by Crippen LogP contribution is -2.26. The van der Waals surface area contributed by atoms with Gasteiger partial charge in [-0.25, -0.2) is 0 Å². The molecule has 0 aliphatic heterocycles. The zero-order valence-corrected chi connectivity index (χ0v) is 17.7. The lowest BCUT2D eigenvalue weighted by atomic mass is 9.91. The number of hydrogen-bond acceptors (Lipinski definition) is 6. The first-order chi connectivity index (χ1) is 15.6. The molecule has 160 valence electrons. The van der Waals surface area contributed by atoms with E-state index in [0.717, 1.165) is 0 Å². The van der Waals surface area contributed by atoms with Crippen molar-refractivity contribution in [2.45, 2.75) is 0 Å². The summed E-state index contributed by atoms with van der Waals surface area (Å²) in [6.45, 7) is 0. The molecule has 3 aromatic rings. The van der Waals surface area contributed by atoms with Gasteiger partial charge < -0.3 is 20.1 Å². The van der Waals surface area contributed by atoms with E-state index >= 15 is 0 Å². The smallest absolute Gasteiger partial charge is 0.212 e. The summed E-state index contributed by atoms with van der Waals surface area (Å²) in [6, 6.07) is 23.4. The SMILES string of the molecule is COc1ccc(NC2=CC(=O)C(Nc3ccc(OC)cc3)=C(c3ccccc3)C2=O)cc1. The molecule has 0 fully saturated rings. The van der Waals surface area contributed by atoms with Gasteiger partial charge in [0.05, 0.1) is 31.2 Å². The van der Waals surface area contributed by atoms with Crippen molar-refractivity contribution in [3.8, 4) is 11.5 Å². The second kappa shape index (κ2) is 9.22. The highest BCUT2D eigenvalue weighted by Gasteiger charge is 2.30. The van der Waals surface area contributed by atoms with Crippen LogP contribution in [0.25, 0.3) is 5.57 Å². The fourth-order valence-corrected chi connectivity index (χ4v) is 3.39. The van der Waals surface area contributed by atoms with Gasteiger partial charge in [-0.2, -0.15) is 0 Å². The highest BCUT2D eigenvalue weighted by Crippen LogP contribution is 2.30. The molecule has 0 bridgehead atoms. The number of nitrogens with one attached hydrogen (secondary N) is 2. The first-order valence-electron chi connectivity index (χ1n) is 10.0. The molecule has 0 aromatic heterocycles. The Hall–Kier alpha value is -4.32. The van der Waals surface area contributed by atoms with Crippen LogP contribution in [0.3, 0.4) is 0 Å². The molecule has 0 heterocycles. The summed E-state index contributed by atoms with van der Waals surface area (Å²) >= 11 is 0. The quantitative estimate of drug-likeness (QED) is 0.535. The Morgan fingerprint density at radius 1 is 0.656 bits per heavy atom. The first-order valence-corrected chi connectivity index (χ1v) is 10.0. The van der Waals surface area contributed by atoms with Gasteiger partial charge in [0.15, 0.2) is 0 Å². The second-order valence-corrected chi connectivity index (χ2v) is 7.07. The molecule has 0 amide bonds. The summed E-state index contributed by atoms with van der Waals surface area (Å²) in [5.74, 6) is 0.828. The van der Waals surface area contributed by atoms with Gasteiger partial charge in [0, 0.05) is 17.5 Å². The molecular formula is C26H22N2O4.